The second-order valence-corrected chi connectivity index (χ2v) is 7.98. The molecule has 1 atom stereocenters. The highest BCUT2D eigenvalue weighted by molar-refractivity contribution is 7.09. The van der Waals surface area contributed by atoms with Gasteiger partial charge in [-0.2, -0.15) is 0 Å². The number of carboxylic acids is 1. The molecule has 5 N–H and O–H groups in total. The first-order chi connectivity index (χ1) is 12.4. The van der Waals surface area contributed by atoms with E-state index in [1.807, 2.05) is 5.38 Å². The number of carbonyl (C=O) groups excluding carboxylic acids is 2. The number of ether oxygens (including phenoxy) is 1. The van der Waals surface area contributed by atoms with Crippen LogP contribution in [0.4, 0.5) is 4.79 Å². The average Bonchev–Trinajstić information content (AvgIpc) is 2.89. The summed E-state index contributed by atoms with van der Waals surface area (Å²) in [6, 6.07) is -0.461. The van der Waals surface area contributed by atoms with Crippen LogP contribution in [0.25, 0.3) is 0 Å². The third kappa shape index (κ3) is 10.5. The molecule has 1 heterocycles. The lowest BCUT2D eigenvalue weighted by atomic mass is 10.1. The molecule has 0 saturated heterocycles. The van der Waals surface area contributed by atoms with Crippen molar-refractivity contribution in [3.8, 4) is 0 Å². The summed E-state index contributed by atoms with van der Waals surface area (Å²) in [7, 11) is 1.46. The topological polar surface area (TPSA) is 147 Å². The number of nitrogens with zero attached hydrogens (tertiary/aromatic N) is 2. The third-order valence-corrected chi connectivity index (χ3v) is 3.89. The maximum Gasteiger partial charge on any atom is 0.408 e. The highest BCUT2D eigenvalue weighted by Crippen LogP contribution is 2.12. The number of carboxylic acid groups (broad SMARTS) is 1. The first-order valence-corrected chi connectivity index (χ1v) is 9.20. The zero-order valence-electron chi connectivity index (χ0n) is 15.9. The number of nitrogens with two attached hydrogens (primary N) is 1. The molecule has 0 saturated carbocycles. The number of hydrazine groups is 1. The quantitative estimate of drug-likeness (QED) is 0.437. The summed E-state index contributed by atoms with van der Waals surface area (Å²) < 4.78 is 5.15. The number of aromatic nitrogens is 1. The highest BCUT2D eigenvalue weighted by Gasteiger charge is 2.17. The third-order valence-electron chi connectivity index (χ3n) is 2.99. The minimum atomic E-state index is -1.04. The molecule has 0 radical (unpaired) electrons. The number of alkyl carbamates (subject to hydrolysis) is 1. The Morgan fingerprint density at radius 2 is 2.07 bits per heavy atom. The molecule has 0 bridgehead atoms. The number of amides is 2. The van der Waals surface area contributed by atoms with Crippen LogP contribution in [0.5, 0.6) is 0 Å². The molecule has 0 spiro atoms. The smallest absolute Gasteiger partial charge is 0.408 e. The summed E-state index contributed by atoms with van der Waals surface area (Å²) in [4.78, 5) is 38.4. The van der Waals surface area contributed by atoms with Gasteiger partial charge in [0.1, 0.15) is 17.2 Å². The summed E-state index contributed by atoms with van der Waals surface area (Å²) in [5.41, 5.74) is 8.56. The standard InChI is InChI=1S/C16H27N5O5S/c1-16(2,3)26-15(25)18-7-13-19-11(9-27-13)5-10(17)6-12(22)20-21(4)8-14(23)24/h9-10H,5-8,17H2,1-4H3,(H,18,25)(H,20,22)(H,23,24)/t10-/m1/s1. The Morgan fingerprint density at radius 1 is 1.41 bits per heavy atom. The maximum atomic E-state index is 11.8. The van der Waals surface area contributed by atoms with E-state index in [0.29, 0.717) is 11.4 Å². The number of thiazole rings is 1. The lowest BCUT2D eigenvalue weighted by Gasteiger charge is -2.19. The Morgan fingerprint density at radius 3 is 2.67 bits per heavy atom. The van der Waals surface area contributed by atoms with Crippen molar-refractivity contribution in [1.29, 1.82) is 0 Å². The van der Waals surface area contributed by atoms with Gasteiger partial charge in [-0.3, -0.25) is 15.0 Å². The summed E-state index contributed by atoms with van der Waals surface area (Å²) in [5.74, 6) is -1.41. The summed E-state index contributed by atoms with van der Waals surface area (Å²) in [6.45, 7) is 5.29. The Hall–Kier alpha value is -2.24. The normalized spacial score (nSPS) is 12.5. The molecule has 0 aliphatic rings. The molecule has 1 aromatic heterocycles. The molecule has 0 fully saturated rings. The van der Waals surface area contributed by atoms with E-state index in [1.54, 1.807) is 20.8 Å². The Labute approximate surface area is 162 Å². The van der Waals surface area contributed by atoms with Gasteiger partial charge in [0.2, 0.25) is 5.91 Å². The lowest BCUT2D eigenvalue weighted by Crippen LogP contribution is -2.44. The number of aliphatic carboxylic acids is 1. The number of nitrogens with one attached hydrogen (secondary N) is 2. The number of likely N-dealkylation sites (N-methyl/N-ethyl adjacent to an activating group) is 1. The Kier molecular flexibility index (Phi) is 8.60. The van der Waals surface area contributed by atoms with Crippen molar-refractivity contribution >= 4 is 29.3 Å². The van der Waals surface area contributed by atoms with Gasteiger partial charge in [0.15, 0.2) is 0 Å². The number of rotatable bonds is 9. The van der Waals surface area contributed by atoms with Crippen molar-refractivity contribution in [2.24, 2.45) is 5.73 Å². The van der Waals surface area contributed by atoms with Crippen LogP contribution in [0.2, 0.25) is 0 Å². The molecule has 2 amide bonds. The molecule has 0 unspecified atom stereocenters. The molecule has 0 aliphatic heterocycles. The van der Waals surface area contributed by atoms with Crippen LogP contribution in [0, 0.1) is 0 Å². The zero-order chi connectivity index (χ0) is 20.6. The fraction of sp³-hybridized carbons (Fsp3) is 0.625. The van der Waals surface area contributed by atoms with Crippen LogP contribution in [0.15, 0.2) is 5.38 Å². The molecule has 152 valence electrons. The van der Waals surface area contributed by atoms with Crippen LogP contribution < -0.4 is 16.5 Å². The van der Waals surface area contributed by atoms with Crippen LogP contribution >= 0.6 is 11.3 Å². The lowest BCUT2D eigenvalue weighted by molar-refractivity contribution is -0.139. The van der Waals surface area contributed by atoms with Crippen LogP contribution in [-0.4, -0.2) is 58.3 Å². The van der Waals surface area contributed by atoms with E-state index < -0.39 is 23.7 Å². The largest absolute Gasteiger partial charge is 0.480 e. The second kappa shape index (κ2) is 10.2. The van der Waals surface area contributed by atoms with Crippen molar-refractivity contribution in [2.75, 3.05) is 13.6 Å². The fourth-order valence-electron chi connectivity index (χ4n) is 2.07. The summed E-state index contributed by atoms with van der Waals surface area (Å²) in [6.07, 6.45) is -0.0930. The average molecular weight is 401 g/mol. The molecule has 0 aliphatic carbocycles. The molecular weight excluding hydrogens is 374 g/mol. The van der Waals surface area contributed by atoms with E-state index in [1.165, 1.54) is 23.4 Å². The van der Waals surface area contributed by atoms with Crippen molar-refractivity contribution < 1.29 is 24.2 Å². The van der Waals surface area contributed by atoms with Crippen molar-refractivity contribution in [1.82, 2.24) is 20.7 Å². The van der Waals surface area contributed by atoms with E-state index in [4.69, 9.17) is 15.6 Å². The predicted octanol–water partition coefficient (Wildman–Crippen LogP) is 0.475. The van der Waals surface area contributed by atoms with Crippen LogP contribution in [0.3, 0.4) is 0 Å². The van der Waals surface area contributed by atoms with Gasteiger partial charge in [-0.15, -0.1) is 11.3 Å². The highest BCUT2D eigenvalue weighted by atomic mass is 32.1. The monoisotopic (exact) mass is 401 g/mol. The first-order valence-electron chi connectivity index (χ1n) is 8.32. The second-order valence-electron chi connectivity index (χ2n) is 7.04. The number of hydrogen-bond acceptors (Lipinski definition) is 8. The maximum absolute atomic E-state index is 11.8. The van der Waals surface area contributed by atoms with Gasteiger partial charge in [-0.25, -0.2) is 14.8 Å². The summed E-state index contributed by atoms with van der Waals surface area (Å²) >= 11 is 1.38. The van der Waals surface area contributed by atoms with E-state index in [9.17, 15) is 14.4 Å². The van der Waals surface area contributed by atoms with Gasteiger partial charge in [-0.1, -0.05) is 0 Å². The Bertz CT molecular complexity index is 658. The number of carbonyl (C=O) groups is 3. The zero-order valence-corrected chi connectivity index (χ0v) is 16.8. The van der Waals surface area contributed by atoms with Crippen molar-refractivity contribution in [2.45, 2.75) is 51.8 Å². The van der Waals surface area contributed by atoms with Gasteiger partial charge in [0.05, 0.1) is 12.2 Å². The van der Waals surface area contributed by atoms with Gasteiger partial charge in [0, 0.05) is 31.3 Å². The fourth-order valence-corrected chi connectivity index (χ4v) is 2.81. The molecule has 11 heteroatoms. The SMILES string of the molecule is CN(CC(=O)O)NC(=O)C[C@H](N)Cc1csc(CNC(=O)OC(C)(C)C)n1. The molecule has 1 rings (SSSR count). The van der Waals surface area contributed by atoms with E-state index in [0.717, 1.165) is 5.69 Å². The van der Waals surface area contributed by atoms with Gasteiger partial charge < -0.3 is 20.9 Å². The predicted molar refractivity (Wildman–Crippen MR) is 99.9 cm³/mol. The molecular formula is C16H27N5O5S. The number of hydrogen-bond donors (Lipinski definition) is 4. The van der Waals surface area contributed by atoms with Crippen molar-refractivity contribution in [3.05, 3.63) is 16.1 Å². The minimum Gasteiger partial charge on any atom is -0.480 e. The van der Waals surface area contributed by atoms with E-state index in [2.05, 4.69) is 15.7 Å². The van der Waals surface area contributed by atoms with E-state index in [-0.39, 0.29) is 25.4 Å². The van der Waals surface area contributed by atoms with Gasteiger partial charge >= 0.3 is 12.1 Å². The van der Waals surface area contributed by atoms with E-state index >= 15 is 0 Å². The molecule has 1 aromatic rings. The van der Waals surface area contributed by atoms with Crippen LogP contribution in [-0.2, 0) is 27.3 Å². The summed E-state index contributed by atoms with van der Waals surface area (Å²) in [5, 5.41) is 15.0. The first kappa shape index (κ1) is 22.8. The molecule has 0 aromatic carbocycles. The van der Waals surface area contributed by atoms with Crippen molar-refractivity contribution in [3.63, 3.8) is 0 Å². The molecule has 27 heavy (non-hydrogen) atoms. The van der Waals surface area contributed by atoms with Gasteiger partial charge in [-0.05, 0) is 20.8 Å². The van der Waals surface area contributed by atoms with Crippen LogP contribution in [0.1, 0.15) is 37.9 Å². The molecule has 10 nitrogen and oxygen atoms in total. The van der Waals surface area contributed by atoms with Gasteiger partial charge in [0.25, 0.3) is 0 Å². The minimum absolute atomic E-state index is 0.0347. The Balaban J connectivity index is 2.39.